The van der Waals surface area contributed by atoms with Gasteiger partial charge < -0.3 is 26.6 Å². The molecule has 0 radical (unpaired) electrons. The summed E-state index contributed by atoms with van der Waals surface area (Å²) < 4.78 is 114. The van der Waals surface area contributed by atoms with E-state index in [1.54, 1.807) is 6.07 Å². The van der Waals surface area contributed by atoms with Crippen molar-refractivity contribution in [3.05, 3.63) is 83.6 Å². The fourth-order valence-corrected chi connectivity index (χ4v) is 9.79. The Kier molecular flexibility index (Phi) is 18.5. The van der Waals surface area contributed by atoms with Crippen LogP contribution >= 0.6 is 48.0 Å². The lowest BCUT2D eigenvalue weighted by Gasteiger charge is -2.14. The summed E-state index contributed by atoms with van der Waals surface area (Å²) in [5.41, 5.74) is 3.98. The fourth-order valence-electron chi connectivity index (χ4n) is 5.82. The van der Waals surface area contributed by atoms with Crippen LogP contribution in [0.3, 0.4) is 0 Å². The molecule has 0 saturated heterocycles. The number of hydrogen-bond acceptors (Lipinski definition) is 31. The summed E-state index contributed by atoms with van der Waals surface area (Å²) in [4.78, 5) is 20.7. The minimum atomic E-state index is -5.29. The first kappa shape index (κ1) is 55.3. The molecule has 0 aliphatic rings. The van der Waals surface area contributed by atoms with Crippen LogP contribution in [0, 0.1) is 0 Å². The average molecular weight is 1140 g/mol. The second-order valence-corrected chi connectivity index (χ2v) is 20.3. The molecule has 72 heavy (non-hydrogen) atoms. The summed E-state index contributed by atoms with van der Waals surface area (Å²) in [5, 5.41) is 77.6. The molecular weight excluding hydrogens is 1110 g/mol. The van der Waals surface area contributed by atoms with Crippen LogP contribution in [0.25, 0.3) is 10.8 Å². The van der Waals surface area contributed by atoms with Crippen molar-refractivity contribution in [1.82, 2.24) is 15.0 Å². The van der Waals surface area contributed by atoms with E-state index in [4.69, 9.17) is 37.3 Å². The van der Waals surface area contributed by atoms with Crippen molar-refractivity contribution in [2.45, 2.75) is 24.5 Å². The SMILES string of the molecule is Nc1c(/N=N/c2ccc(Nc3nc(Cl)nc(Nc4ccccc4C(=O)O)n3)cc2SOOO)cc(S(=O)(=O)O)c2cc(SOOO)c(/N=N/c3ccc(S(=O)(=O)CCOSOOO)cc3S(=O)(=O)O)c(O)c12. The zero-order valence-corrected chi connectivity index (χ0v) is 40.4. The number of aromatic nitrogens is 3. The van der Waals surface area contributed by atoms with Gasteiger partial charge in [-0.25, -0.2) is 29.0 Å². The molecule has 6 aromatic rings. The minimum absolute atomic E-state index is 0.00209. The molecule has 1 heterocycles. The van der Waals surface area contributed by atoms with E-state index in [-0.39, 0.29) is 69.1 Å². The standard InChI is InChI=1S/C34H27ClN10O21S6/c35-32-39-33(41-34(40-32)38-19-4-2-1-3-17(19)31(47)48)37-15-5-7-20(23(11-15)67-64-61-49)42-44-22-14-25(71(54,55)56)18-13-24(68-65-62-50)29(30(46)27(18)28(22)36)45-43-21-8-6-16(12-26(21)72(57,58)59)70(52,53)10-9-60-69-66-63-51/h1-8,11-14,46,49-51H,9-10,36H2,(H,47,48)(H,54,55,56)(H,57,58,59)(H2,37,38,39,40,41)/b44-42+,45-43+. The smallest absolute Gasteiger partial charge is 0.337 e. The molecule has 0 saturated carbocycles. The summed E-state index contributed by atoms with van der Waals surface area (Å²) in [6.45, 7) is -0.566. The first-order valence-electron chi connectivity index (χ1n) is 18.4. The molecule has 11 N–H and O–H groups in total. The highest BCUT2D eigenvalue weighted by Crippen LogP contribution is 2.50. The summed E-state index contributed by atoms with van der Waals surface area (Å²) in [6, 6.07) is 13.7. The number of azo groups is 2. The Morgan fingerprint density at radius 2 is 1.35 bits per heavy atom. The Bertz CT molecular complexity index is 3440. The molecule has 0 aliphatic carbocycles. The number of rotatable bonds is 24. The molecule has 0 atom stereocenters. The van der Waals surface area contributed by atoms with Crippen molar-refractivity contribution < 1.29 is 97.4 Å². The number of aromatic carboxylic acids is 1. The number of sulfone groups is 1. The summed E-state index contributed by atoms with van der Waals surface area (Å²) >= 11 is 6.63. The summed E-state index contributed by atoms with van der Waals surface area (Å²) in [6.07, 6.45) is 0. The van der Waals surface area contributed by atoms with E-state index in [1.807, 2.05) is 0 Å². The number of nitrogens with two attached hydrogens (primary N) is 1. The number of carbonyl (C=O) groups is 1. The van der Waals surface area contributed by atoms with Crippen molar-refractivity contribution in [1.29, 1.82) is 0 Å². The lowest BCUT2D eigenvalue weighted by Crippen LogP contribution is -2.12. The van der Waals surface area contributed by atoms with Crippen LogP contribution in [0.15, 0.2) is 118 Å². The van der Waals surface area contributed by atoms with Crippen molar-refractivity contribution >= 4 is 147 Å². The highest BCUT2D eigenvalue weighted by atomic mass is 35.5. The van der Waals surface area contributed by atoms with Crippen LogP contribution in [0.2, 0.25) is 5.28 Å². The lowest BCUT2D eigenvalue weighted by atomic mass is 10.0. The molecule has 6 rings (SSSR count). The second-order valence-electron chi connectivity index (χ2n) is 13.1. The van der Waals surface area contributed by atoms with Crippen LogP contribution in [0.4, 0.5) is 51.7 Å². The van der Waals surface area contributed by atoms with Crippen LogP contribution < -0.4 is 16.4 Å². The van der Waals surface area contributed by atoms with Crippen LogP contribution in [0.5, 0.6) is 5.75 Å². The number of carboxylic acid groups (broad SMARTS) is 1. The number of carboxylic acids is 1. The number of phenols is 1. The predicted molar refractivity (Wildman–Crippen MR) is 247 cm³/mol. The van der Waals surface area contributed by atoms with E-state index in [0.29, 0.717) is 18.1 Å². The number of benzene rings is 5. The normalized spacial score (nSPS) is 12.3. The minimum Gasteiger partial charge on any atom is -0.505 e. The number of aromatic hydroxyl groups is 1. The molecule has 0 spiro atoms. The van der Waals surface area contributed by atoms with E-state index in [1.165, 1.54) is 36.4 Å². The average Bonchev–Trinajstić information content (AvgIpc) is 3.31. The number of phenolic OH excluding ortho intramolecular Hbond substituents is 1. The van der Waals surface area contributed by atoms with Gasteiger partial charge in [0.2, 0.25) is 17.2 Å². The molecule has 0 bridgehead atoms. The second kappa shape index (κ2) is 24.1. The van der Waals surface area contributed by atoms with Gasteiger partial charge in [0.25, 0.3) is 20.2 Å². The Morgan fingerprint density at radius 3 is 2.01 bits per heavy atom. The summed E-state index contributed by atoms with van der Waals surface area (Å²) in [5.74, 6) is -3.39. The van der Waals surface area contributed by atoms with Gasteiger partial charge >= 0.3 is 5.97 Å². The number of fused-ring (bicyclic) bond motifs is 1. The van der Waals surface area contributed by atoms with E-state index < -0.39 is 107 Å². The van der Waals surface area contributed by atoms with Gasteiger partial charge in [-0.3, -0.25) is 13.3 Å². The van der Waals surface area contributed by atoms with Crippen molar-refractivity contribution in [2.24, 2.45) is 20.5 Å². The highest BCUT2D eigenvalue weighted by Gasteiger charge is 2.27. The Hall–Kier alpha value is -6.05. The van der Waals surface area contributed by atoms with E-state index >= 15 is 0 Å². The molecule has 0 unspecified atom stereocenters. The van der Waals surface area contributed by atoms with Gasteiger partial charge in [-0.1, -0.05) is 27.2 Å². The highest BCUT2D eigenvalue weighted by molar-refractivity contribution is 7.95. The molecule has 0 aliphatic heterocycles. The van der Waals surface area contributed by atoms with Gasteiger partial charge in [0.1, 0.15) is 32.5 Å². The molecule has 31 nitrogen and oxygen atoms in total. The third-order valence-electron chi connectivity index (χ3n) is 8.77. The molecule has 382 valence electrons. The van der Waals surface area contributed by atoms with Gasteiger partial charge in [-0.05, 0) is 72.3 Å². The van der Waals surface area contributed by atoms with Crippen molar-refractivity contribution in [3.63, 3.8) is 0 Å². The molecule has 0 fully saturated rings. The van der Waals surface area contributed by atoms with Gasteiger partial charge in [-0.15, -0.1) is 33.5 Å². The molecule has 0 amide bonds. The quantitative estimate of drug-likeness (QED) is 0.00520. The maximum absolute atomic E-state index is 12.9. The number of nitrogens with zero attached hydrogens (tertiary/aromatic N) is 7. The number of halogens is 1. The maximum atomic E-state index is 12.9. The monoisotopic (exact) mass is 1140 g/mol. The third kappa shape index (κ3) is 13.9. The predicted octanol–water partition coefficient (Wildman–Crippen LogP) is 8.11. The zero-order valence-electron chi connectivity index (χ0n) is 34.7. The number of nitrogens with one attached hydrogen (secondary N) is 2. The number of para-hydroxylation sites is 1. The van der Waals surface area contributed by atoms with Crippen LogP contribution in [0.1, 0.15) is 10.4 Å². The molecule has 38 heteroatoms. The fraction of sp³-hybridized carbons (Fsp3) is 0.0588. The topological polar surface area (TPSA) is 464 Å². The van der Waals surface area contributed by atoms with Gasteiger partial charge in [0, 0.05) is 11.1 Å². The molecule has 5 aromatic carbocycles. The molecular formula is C34H27ClN10O21S6. The van der Waals surface area contributed by atoms with E-state index in [0.717, 1.165) is 24.3 Å². The van der Waals surface area contributed by atoms with Gasteiger partial charge in [0.05, 0.1) is 73.5 Å². The van der Waals surface area contributed by atoms with E-state index in [9.17, 15) is 49.4 Å². The molecule has 1 aromatic heterocycles. The van der Waals surface area contributed by atoms with Gasteiger partial charge in [-0.2, -0.15) is 31.8 Å². The Labute approximate surface area is 419 Å². The zero-order chi connectivity index (χ0) is 52.4. The number of nitrogen functional groups attached to an aromatic ring is 1. The van der Waals surface area contributed by atoms with E-state index in [2.05, 4.69) is 74.2 Å². The van der Waals surface area contributed by atoms with Gasteiger partial charge in [0.15, 0.2) is 27.9 Å². The Morgan fingerprint density at radius 1 is 0.722 bits per heavy atom. The first-order valence-corrected chi connectivity index (χ1v) is 25.5. The van der Waals surface area contributed by atoms with Crippen LogP contribution in [-0.4, -0.2) is 93.6 Å². The largest absolute Gasteiger partial charge is 0.505 e. The Balaban J connectivity index is 1.39. The maximum Gasteiger partial charge on any atom is 0.337 e. The number of anilines is 5. The third-order valence-corrected chi connectivity index (χ3v) is 14.0. The van der Waals surface area contributed by atoms with Crippen LogP contribution in [-0.2, 0) is 62.4 Å². The lowest BCUT2D eigenvalue weighted by molar-refractivity contribution is -0.434. The summed E-state index contributed by atoms with van der Waals surface area (Å²) in [7, 11) is -14.9. The first-order chi connectivity index (χ1) is 34.1. The van der Waals surface area contributed by atoms with Crippen molar-refractivity contribution in [2.75, 3.05) is 28.7 Å². The number of hydrogen-bond donors (Lipinski definition) is 10. The van der Waals surface area contributed by atoms with Crippen molar-refractivity contribution in [3.8, 4) is 5.75 Å².